The number of carbonyl (C=O) groups is 1. The first kappa shape index (κ1) is 13.7. The Labute approximate surface area is 113 Å². The van der Waals surface area contributed by atoms with Crippen LogP contribution < -0.4 is 10.6 Å². The molecule has 0 radical (unpaired) electrons. The Morgan fingerprint density at radius 3 is 2.74 bits per heavy atom. The normalized spacial score (nSPS) is 14.2. The van der Waals surface area contributed by atoms with Crippen molar-refractivity contribution in [1.82, 2.24) is 0 Å². The van der Waals surface area contributed by atoms with Gasteiger partial charge < -0.3 is 20.1 Å². The van der Waals surface area contributed by atoms with E-state index in [1.807, 2.05) is 19.0 Å². The number of nitrogens with zero attached hydrogens (tertiary/aromatic N) is 1. The van der Waals surface area contributed by atoms with E-state index in [1.165, 1.54) is 12.8 Å². The fourth-order valence-corrected chi connectivity index (χ4v) is 1.77. The molecule has 0 saturated heterocycles. The van der Waals surface area contributed by atoms with Crippen LogP contribution >= 0.6 is 0 Å². The predicted octanol–water partition coefficient (Wildman–Crippen LogP) is 1.88. The highest BCUT2D eigenvalue weighted by molar-refractivity contribution is 5.91. The average molecular weight is 264 g/mol. The van der Waals surface area contributed by atoms with Crippen LogP contribution in [0, 0.1) is 5.92 Å². The number of ether oxygens (including phenoxy) is 2. The zero-order valence-electron chi connectivity index (χ0n) is 11.4. The first-order chi connectivity index (χ1) is 9.08. The molecule has 2 N–H and O–H groups in total. The molecule has 0 bridgehead atoms. The molecule has 1 aromatic carbocycles. The molecule has 5 nitrogen and oxygen atoms in total. The van der Waals surface area contributed by atoms with Crippen molar-refractivity contribution in [3.8, 4) is 0 Å². The molecule has 5 heteroatoms. The molecule has 1 aliphatic rings. The summed E-state index contributed by atoms with van der Waals surface area (Å²) in [6.45, 7) is 0.680. The third-order valence-electron chi connectivity index (χ3n) is 3.07. The average Bonchev–Trinajstić information content (AvgIpc) is 3.17. The molecular weight excluding hydrogens is 244 g/mol. The molecule has 0 unspecified atom stereocenters. The first-order valence-electron chi connectivity index (χ1n) is 6.39. The third kappa shape index (κ3) is 3.86. The van der Waals surface area contributed by atoms with Crippen LogP contribution in [0.1, 0.15) is 23.2 Å². The predicted molar refractivity (Wildman–Crippen MR) is 74.1 cm³/mol. The van der Waals surface area contributed by atoms with Gasteiger partial charge >= 0.3 is 5.97 Å². The van der Waals surface area contributed by atoms with Crippen molar-refractivity contribution < 1.29 is 14.3 Å². The van der Waals surface area contributed by atoms with E-state index >= 15 is 0 Å². The Kier molecular flexibility index (Phi) is 4.27. The van der Waals surface area contributed by atoms with Gasteiger partial charge in [0.15, 0.2) is 6.79 Å². The van der Waals surface area contributed by atoms with Gasteiger partial charge in [0.1, 0.15) is 0 Å². The monoisotopic (exact) mass is 264 g/mol. The molecule has 0 heterocycles. The van der Waals surface area contributed by atoms with Gasteiger partial charge in [0, 0.05) is 14.1 Å². The van der Waals surface area contributed by atoms with E-state index in [0.717, 1.165) is 5.69 Å². The van der Waals surface area contributed by atoms with E-state index in [9.17, 15) is 4.79 Å². The van der Waals surface area contributed by atoms with Crippen LogP contribution in [0.5, 0.6) is 0 Å². The smallest absolute Gasteiger partial charge is 0.340 e. The van der Waals surface area contributed by atoms with Gasteiger partial charge in [-0.2, -0.15) is 0 Å². The number of hydrogen-bond donors (Lipinski definition) is 1. The zero-order chi connectivity index (χ0) is 13.8. The van der Waals surface area contributed by atoms with Gasteiger partial charge in [0.25, 0.3) is 0 Å². The van der Waals surface area contributed by atoms with Crippen LogP contribution in [0.25, 0.3) is 0 Å². The lowest BCUT2D eigenvalue weighted by atomic mass is 10.1. The molecule has 0 amide bonds. The molecule has 1 aliphatic carbocycles. The lowest BCUT2D eigenvalue weighted by molar-refractivity contribution is -0.0344. The van der Waals surface area contributed by atoms with Crippen molar-refractivity contribution in [2.75, 3.05) is 38.1 Å². The molecule has 19 heavy (non-hydrogen) atoms. The van der Waals surface area contributed by atoms with Gasteiger partial charge in [-0.1, -0.05) is 0 Å². The summed E-state index contributed by atoms with van der Waals surface area (Å²) in [5.74, 6) is 0.251. The summed E-state index contributed by atoms with van der Waals surface area (Å²) in [5, 5.41) is 0. The van der Waals surface area contributed by atoms with Crippen LogP contribution in [-0.2, 0) is 9.47 Å². The van der Waals surface area contributed by atoms with E-state index in [-0.39, 0.29) is 6.79 Å². The van der Waals surface area contributed by atoms with E-state index in [4.69, 9.17) is 15.2 Å². The molecule has 0 atom stereocenters. The molecule has 1 fully saturated rings. The highest BCUT2D eigenvalue weighted by Gasteiger charge is 2.21. The second-order valence-corrected chi connectivity index (χ2v) is 5.03. The number of anilines is 2. The summed E-state index contributed by atoms with van der Waals surface area (Å²) in [6, 6.07) is 5.13. The topological polar surface area (TPSA) is 64.8 Å². The quantitative estimate of drug-likeness (QED) is 0.368. The molecule has 0 spiro atoms. The maximum Gasteiger partial charge on any atom is 0.340 e. The Hall–Kier alpha value is -1.75. The minimum absolute atomic E-state index is 0.00463. The van der Waals surface area contributed by atoms with Gasteiger partial charge in [-0.25, -0.2) is 4.79 Å². The SMILES string of the molecule is CN(C)c1ccc(C(=O)OCOCC2CC2)cc1N. The summed E-state index contributed by atoms with van der Waals surface area (Å²) in [6.07, 6.45) is 2.44. The Morgan fingerprint density at radius 1 is 1.42 bits per heavy atom. The van der Waals surface area contributed by atoms with Gasteiger partial charge in [0.2, 0.25) is 0 Å². The highest BCUT2D eigenvalue weighted by Crippen LogP contribution is 2.28. The third-order valence-corrected chi connectivity index (χ3v) is 3.07. The summed E-state index contributed by atoms with van der Waals surface area (Å²) < 4.78 is 10.3. The maximum atomic E-state index is 11.8. The largest absolute Gasteiger partial charge is 0.435 e. The van der Waals surface area contributed by atoms with Crippen LogP contribution in [0.4, 0.5) is 11.4 Å². The minimum atomic E-state index is -0.409. The van der Waals surface area contributed by atoms with Crippen molar-refractivity contribution in [3.05, 3.63) is 23.8 Å². The number of benzene rings is 1. The molecule has 1 saturated carbocycles. The Morgan fingerprint density at radius 2 is 2.16 bits per heavy atom. The molecule has 0 aromatic heterocycles. The molecular formula is C14H20N2O3. The molecule has 0 aliphatic heterocycles. The number of esters is 1. The minimum Gasteiger partial charge on any atom is -0.435 e. The first-order valence-corrected chi connectivity index (χ1v) is 6.39. The fourth-order valence-electron chi connectivity index (χ4n) is 1.77. The van der Waals surface area contributed by atoms with Gasteiger partial charge in [0.05, 0.1) is 23.5 Å². The number of hydrogen-bond acceptors (Lipinski definition) is 5. The van der Waals surface area contributed by atoms with Crippen LogP contribution in [0.3, 0.4) is 0 Å². The van der Waals surface area contributed by atoms with Gasteiger partial charge in [-0.3, -0.25) is 0 Å². The number of nitrogen functional groups attached to an aromatic ring is 1. The zero-order valence-corrected chi connectivity index (χ0v) is 11.4. The molecule has 1 aromatic rings. The summed E-state index contributed by atoms with van der Waals surface area (Å²) in [7, 11) is 3.80. The van der Waals surface area contributed by atoms with E-state index < -0.39 is 5.97 Å². The summed E-state index contributed by atoms with van der Waals surface area (Å²) >= 11 is 0. The van der Waals surface area contributed by atoms with Crippen LogP contribution in [0.2, 0.25) is 0 Å². The van der Waals surface area contributed by atoms with Crippen molar-refractivity contribution >= 4 is 17.3 Å². The standard InChI is InChI=1S/C14H20N2O3/c1-16(2)13-6-5-11(7-12(13)15)14(17)19-9-18-8-10-3-4-10/h5-7,10H,3-4,8-9,15H2,1-2H3. The number of carbonyl (C=O) groups excluding carboxylic acids is 1. The number of nitrogens with two attached hydrogens (primary N) is 1. The van der Waals surface area contributed by atoms with Gasteiger partial charge in [-0.05, 0) is 37.0 Å². The summed E-state index contributed by atoms with van der Waals surface area (Å²) in [5.41, 5.74) is 7.76. The van der Waals surface area contributed by atoms with Crippen LogP contribution in [0.15, 0.2) is 18.2 Å². The van der Waals surface area contributed by atoms with Crippen LogP contribution in [-0.4, -0.2) is 33.5 Å². The Balaban J connectivity index is 1.85. The van der Waals surface area contributed by atoms with Crippen molar-refractivity contribution in [3.63, 3.8) is 0 Å². The Bertz CT molecular complexity index is 456. The maximum absolute atomic E-state index is 11.8. The van der Waals surface area contributed by atoms with E-state index in [1.54, 1.807) is 18.2 Å². The van der Waals surface area contributed by atoms with E-state index in [0.29, 0.717) is 23.8 Å². The number of rotatable bonds is 6. The van der Waals surface area contributed by atoms with Gasteiger partial charge in [-0.15, -0.1) is 0 Å². The second kappa shape index (κ2) is 5.93. The lowest BCUT2D eigenvalue weighted by Crippen LogP contribution is -2.13. The summed E-state index contributed by atoms with van der Waals surface area (Å²) in [4.78, 5) is 13.7. The lowest BCUT2D eigenvalue weighted by Gasteiger charge is -2.15. The van der Waals surface area contributed by atoms with Crippen molar-refractivity contribution in [2.24, 2.45) is 5.92 Å². The molecule has 2 rings (SSSR count). The van der Waals surface area contributed by atoms with Crippen molar-refractivity contribution in [1.29, 1.82) is 0 Å². The highest BCUT2D eigenvalue weighted by atomic mass is 16.7. The van der Waals surface area contributed by atoms with Crippen molar-refractivity contribution in [2.45, 2.75) is 12.8 Å². The second-order valence-electron chi connectivity index (χ2n) is 5.03. The molecule has 104 valence electrons. The fraction of sp³-hybridized carbons (Fsp3) is 0.500. The van der Waals surface area contributed by atoms with E-state index in [2.05, 4.69) is 0 Å².